The molecule has 1 aromatic carbocycles. The number of thiazole rings is 1. The van der Waals surface area contributed by atoms with Crippen molar-refractivity contribution in [2.75, 3.05) is 11.9 Å². The van der Waals surface area contributed by atoms with E-state index >= 15 is 0 Å². The summed E-state index contributed by atoms with van der Waals surface area (Å²) >= 11 is 4.10. The van der Waals surface area contributed by atoms with Crippen LogP contribution in [0, 0.1) is 11.3 Å². The Hall–Kier alpha value is -4.30. The lowest BCUT2D eigenvalue weighted by atomic mass is 10.1. The summed E-state index contributed by atoms with van der Waals surface area (Å²) in [7, 11) is 0. The Morgan fingerprint density at radius 3 is 2.55 bits per heavy atom. The quantitative estimate of drug-likeness (QED) is 0.155. The summed E-state index contributed by atoms with van der Waals surface area (Å²) in [5.41, 5.74) is 2.17. The van der Waals surface area contributed by atoms with E-state index in [1.54, 1.807) is 55.5 Å². The summed E-state index contributed by atoms with van der Waals surface area (Å²) in [6, 6.07) is 20.1. The zero-order valence-electron chi connectivity index (χ0n) is 20.0. The van der Waals surface area contributed by atoms with E-state index in [9.17, 15) is 14.9 Å². The predicted molar refractivity (Wildman–Crippen MR) is 151 cm³/mol. The number of allylic oxidation sites excluding steroid dienone is 1. The average molecular weight is 558 g/mol. The third-order valence-corrected chi connectivity index (χ3v) is 8.05. The number of nitrogens with zero attached hydrogens (tertiary/aromatic N) is 2. The second-order valence-corrected chi connectivity index (χ2v) is 10.7. The lowest BCUT2D eigenvalue weighted by Gasteiger charge is -2.02. The van der Waals surface area contributed by atoms with Gasteiger partial charge in [-0.05, 0) is 54.1 Å². The standard InChI is InChI=1S/C28H19N3O4S3/c1-2-34-28(33)18-9-7-17(8-10-18)21-12-11-20(35-21)15-19(16-29)26-30-24(22-5-3-13-36-22)27(38-26)31-25(32)23-6-4-14-37-23/h3-15H,2H2,1H3,(H,31,32). The van der Waals surface area contributed by atoms with Gasteiger partial charge in [0.25, 0.3) is 5.91 Å². The van der Waals surface area contributed by atoms with Crippen molar-refractivity contribution in [2.24, 2.45) is 0 Å². The van der Waals surface area contributed by atoms with Crippen LogP contribution in [0.1, 0.15) is 37.7 Å². The second-order valence-electron chi connectivity index (χ2n) is 7.78. The molecule has 5 rings (SSSR count). The number of furan rings is 1. The fraction of sp³-hybridized carbons (Fsp3) is 0.0714. The van der Waals surface area contributed by atoms with E-state index in [0.29, 0.717) is 49.8 Å². The van der Waals surface area contributed by atoms with Crippen LogP contribution in [0.2, 0.25) is 0 Å². The normalized spacial score (nSPS) is 11.2. The lowest BCUT2D eigenvalue weighted by molar-refractivity contribution is 0.0526. The van der Waals surface area contributed by atoms with Gasteiger partial charge in [0.1, 0.15) is 33.3 Å². The first kappa shape index (κ1) is 25.4. The smallest absolute Gasteiger partial charge is 0.338 e. The van der Waals surface area contributed by atoms with Gasteiger partial charge in [0, 0.05) is 11.6 Å². The highest BCUT2D eigenvalue weighted by molar-refractivity contribution is 7.19. The van der Waals surface area contributed by atoms with E-state index in [-0.39, 0.29) is 11.9 Å². The first-order valence-electron chi connectivity index (χ1n) is 11.4. The van der Waals surface area contributed by atoms with Gasteiger partial charge in [-0.15, -0.1) is 22.7 Å². The van der Waals surface area contributed by atoms with Crippen LogP contribution in [0.25, 0.3) is 33.5 Å². The van der Waals surface area contributed by atoms with Gasteiger partial charge in [-0.3, -0.25) is 4.79 Å². The molecule has 0 saturated carbocycles. The van der Waals surface area contributed by atoms with Crippen molar-refractivity contribution < 1.29 is 18.7 Å². The molecule has 4 heterocycles. The lowest BCUT2D eigenvalue weighted by Crippen LogP contribution is -2.09. The maximum Gasteiger partial charge on any atom is 0.338 e. The maximum absolute atomic E-state index is 12.7. The van der Waals surface area contributed by atoms with E-state index in [1.807, 2.05) is 29.0 Å². The molecule has 0 aliphatic rings. The molecule has 0 aliphatic carbocycles. The number of thiophene rings is 2. The first-order valence-corrected chi connectivity index (χ1v) is 14.0. The molecule has 10 heteroatoms. The fourth-order valence-electron chi connectivity index (χ4n) is 3.53. The molecule has 0 spiro atoms. The number of benzene rings is 1. The molecule has 1 N–H and O–H groups in total. The zero-order valence-corrected chi connectivity index (χ0v) is 22.4. The molecule has 0 bridgehead atoms. The highest BCUT2D eigenvalue weighted by atomic mass is 32.1. The van der Waals surface area contributed by atoms with Gasteiger partial charge in [-0.25, -0.2) is 9.78 Å². The summed E-state index contributed by atoms with van der Waals surface area (Å²) < 4.78 is 11.0. The number of nitriles is 1. The molecule has 0 atom stereocenters. The summed E-state index contributed by atoms with van der Waals surface area (Å²) in [6.07, 6.45) is 1.62. The SMILES string of the molecule is CCOC(=O)c1ccc(-c2ccc(C=C(C#N)c3nc(-c4cccs4)c(NC(=O)c4cccs4)s3)o2)cc1. The monoisotopic (exact) mass is 557 g/mol. The van der Waals surface area contributed by atoms with Crippen LogP contribution in [0.4, 0.5) is 5.00 Å². The average Bonchev–Trinajstić information content (AvgIpc) is 3.75. The number of amides is 1. The largest absolute Gasteiger partial charge is 0.462 e. The summed E-state index contributed by atoms with van der Waals surface area (Å²) in [4.78, 5) is 30.8. The molecular formula is C28H19N3O4S3. The number of nitrogens with one attached hydrogen (secondary N) is 1. The third-order valence-electron chi connectivity index (χ3n) is 5.30. The number of rotatable bonds is 8. The Bertz CT molecular complexity index is 1640. The van der Waals surface area contributed by atoms with E-state index in [1.165, 1.54) is 34.0 Å². The molecule has 0 aliphatic heterocycles. The molecule has 188 valence electrons. The molecule has 0 fully saturated rings. The molecule has 38 heavy (non-hydrogen) atoms. The predicted octanol–water partition coefficient (Wildman–Crippen LogP) is 7.69. The van der Waals surface area contributed by atoms with Crippen LogP contribution in [0.15, 0.2) is 75.8 Å². The number of hydrogen-bond donors (Lipinski definition) is 1. The van der Waals surface area contributed by atoms with Gasteiger partial charge in [-0.1, -0.05) is 35.6 Å². The second kappa shape index (κ2) is 11.4. The van der Waals surface area contributed by atoms with Crippen molar-refractivity contribution >= 4 is 62.5 Å². The number of carbonyl (C=O) groups excluding carboxylic acids is 2. The van der Waals surface area contributed by atoms with Crippen molar-refractivity contribution in [1.82, 2.24) is 4.98 Å². The fourth-order valence-corrected chi connectivity index (χ4v) is 5.87. The van der Waals surface area contributed by atoms with E-state index in [2.05, 4.69) is 11.4 Å². The molecule has 0 saturated heterocycles. The van der Waals surface area contributed by atoms with Crippen LogP contribution >= 0.6 is 34.0 Å². The number of anilines is 1. The number of carbonyl (C=O) groups is 2. The Kier molecular flexibility index (Phi) is 7.60. The summed E-state index contributed by atoms with van der Waals surface area (Å²) in [5.74, 6) is 0.464. The van der Waals surface area contributed by atoms with Gasteiger partial charge in [0.15, 0.2) is 0 Å². The van der Waals surface area contributed by atoms with E-state index in [0.717, 1.165) is 10.4 Å². The van der Waals surface area contributed by atoms with Gasteiger partial charge in [0.05, 0.1) is 27.5 Å². The van der Waals surface area contributed by atoms with Gasteiger partial charge < -0.3 is 14.5 Å². The molecule has 4 aromatic heterocycles. The van der Waals surface area contributed by atoms with Crippen LogP contribution in [0.5, 0.6) is 0 Å². The number of esters is 1. The summed E-state index contributed by atoms with van der Waals surface area (Å²) in [6.45, 7) is 2.07. The Morgan fingerprint density at radius 2 is 1.87 bits per heavy atom. The molecular weight excluding hydrogens is 539 g/mol. The van der Waals surface area contributed by atoms with E-state index < -0.39 is 0 Å². The Labute approximate surface area is 230 Å². The topological polar surface area (TPSA) is 105 Å². The maximum atomic E-state index is 12.7. The minimum atomic E-state index is -0.378. The van der Waals surface area contributed by atoms with Crippen molar-refractivity contribution in [2.45, 2.75) is 6.92 Å². The number of ether oxygens (including phenoxy) is 1. The van der Waals surface area contributed by atoms with Crippen molar-refractivity contribution in [3.8, 4) is 28.0 Å². The van der Waals surface area contributed by atoms with Crippen molar-refractivity contribution in [3.05, 3.63) is 92.6 Å². The first-order chi connectivity index (χ1) is 18.6. The van der Waals surface area contributed by atoms with Gasteiger partial charge >= 0.3 is 5.97 Å². The van der Waals surface area contributed by atoms with Crippen LogP contribution in [-0.4, -0.2) is 23.5 Å². The molecule has 1 amide bonds. The Balaban J connectivity index is 1.42. The molecule has 0 unspecified atom stereocenters. The van der Waals surface area contributed by atoms with Crippen LogP contribution in [-0.2, 0) is 4.74 Å². The molecule has 7 nitrogen and oxygen atoms in total. The number of aromatic nitrogens is 1. The summed E-state index contributed by atoms with van der Waals surface area (Å²) in [5, 5.41) is 17.7. The van der Waals surface area contributed by atoms with Crippen molar-refractivity contribution in [3.63, 3.8) is 0 Å². The number of hydrogen-bond acceptors (Lipinski definition) is 9. The van der Waals surface area contributed by atoms with E-state index in [4.69, 9.17) is 14.1 Å². The highest BCUT2D eigenvalue weighted by Gasteiger charge is 2.20. The van der Waals surface area contributed by atoms with Gasteiger partial charge in [0.2, 0.25) is 0 Å². The minimum absolute atomic E-state index is 0.222. The Morgan fingerprint density at radius 1 is 1.08 bits per heavy atom. The zero-order chi connectivity index (χ0) is 26.5. The third kappa shape index (κ3) is 5.50. The minimum Gasteiger partial charge on any atom is -0.462 e. The highest BCUT2D eigenvalue weighted by Crippen LogP contribution is 2.39. The van der Waals surface area contributed by atoms with Crippen LogP contribution < -0.4 is 5.32 Å². The molecule has 0 radical (unpaired) electrons. The molecule has 5 aromatic rings. The van der Waals surface area contributed by atoms with Gasteiger partial charge in [-0.2, -0.15) is 5.26 Å². The van der Waals surface area contributed by atoms with Crippen LogP contribution in [0.3, 0.4) is 0 Å². The van der Waals surface area contributed by atoms with Crippen molar-refractivity contribution in [1.29, 1.82) is 5.26 Å².